The van der Waals surface area contributed by atoms with Gasteiger partial charge in [0.25, 0.3) is 0 Å². The first-order valence-corrected chi connectivity index (χ1v) is 6.12. The highest BCUT2D eigenvalue weighted by atomic mass is 35.5. The number of rotatable bonds is 3. The predicted octanol–water partition coefficient (Wildman–Crippen LogP) is 1.81. The van der Waals surface area contributed by atoms with Gasteiger partial charge in [-0.2, -0.15) is 5.26 Å². The van der Waals surface area contributed by atoms with E-state index in [1.807, 2.05) is 0 Å². The largest absolute Gasteiger partial charge is 0.341 e. The van der Waals surface area contributed by atoms with E-state index in [2.05, 4.69) is 10.6 Å². The Labute approximate surface area is 120 Å². The van der Waals surface area contributed by atoms with E-state index in [-0.39, 0.29) is 6.54 Å². The van der Waals surface area contributed by atoms with E-state index in [1.165, 1.54) is 0 Å². The minimum Gasteiger partial charge on any atom is -0.341 e. The van der Waals surface area contributed by atoms with Crippen molar-refractivity contribution in [3.63, 3.8) is 0 Å². The summed E-state index contributed by atoms with van der Waals surface area (Å²) in [6.45, 7) is 1.47. The summed E-state index contributed by atoms with van der Waals surface area (Å²) in [5.74, 6) is -1.69. The fraction of sp³-hybridized carbons (Fsp3) is 0.250. The topological polar surface area (TPSA) is 82.0 Å². The second-order valence-corrected chi connectivity index (χ2v) is 4.55. The zero-order valence-electron chi connectivity index (χ0n) is 10.0. The molecular formula is C12H11Cl2N3O2. The molecule has 19 heavy (non-hydrogen) atoms. The number of carbonyl (C=O) groups excluding carboxylic acids is 2. The van der Waals surface area contributed by atoms with Crippen LogP contribution in [0.4, 0.5) is 0 Å². The molecule has 0 bridgehead atoms. The number of nitrogens with zero attached hydrogens (tertiary/aromatic N) is 1. The van der Waals surface area contributed by atoms with Gasteiger partial charge in [-0.25, -0.2) is 0 Å². The average Bonchev–Trinajstić information content (AvgIpc) is 2.35. The Morgan fingerprint density at radius 2 is 2.05 bits per heavy atom. The van der Waals surface area contributed by atoms with E-state index in [9.17, 15) is 9.59 Å². The maximum Gasteiger partial charge on any atom is 0.310 e. The van der Waals surface area contributed by atoms with Crippen molar-refractivity contribution in [2.24, 2.45) is 0 Å². The number of carbonyl (C=O) groups is 2. The summed E-state index contributed by atoms with van der Waals surface area (Å²) < 4.78 is 0. The molecule has 1 aromatic rings. The van der Waals surface area contributed by atoms with Crippen molar-refractivity contribution in [3.8, 4) is 6.07 Å². The van der Waals surface area contributed by atoms with Crippen molar-refractivity contribution >= 4 is 35.0 Å². The molecule has 0 aliphatic heterocycles. The van der Waals surface area contributed by atoms with Gasteiger partial charge in [-0.05, 0) is 24.6 Å². The van der Waals surface area contributed by atoms with Crippen LogP contribution in [0.3, 0.4) is 0 Å². The number of hydrogen-bond donors (Lipinski definition) is 2. The first-order chi connectivity index (χ1) is 8.95. The lowest BCUT2D eigenvalue weighted by atomic mass is 10.1. The summed E-state index contributed by atoms with van der Waals surface area (Å²) >= 11 is 11.8. The third-order valence-corrected chi connectivity index (χ3v) is 2.87. The predicted molar refractivity (Wildman–Crippen MR) is 71.6 cm³/mol. The maximum atomic E-state index is 11.5. The Hall–Kier alpha value is -1.77. The number of benzene rings is 1. The molecule has 7 heteroatoms. The zero-order chi connectivity index (χ0) is 14.4. The van der Waals surface area contributed by atoms with Gasteiger partial charge in [0.2, 0.25) is 0 Å². The number of nitrogens with one attached hydrogen (secondary N) is 2. The number of halogens is 2. The van der Waals surface area contributed by atoms with Crippen LogP contribution in [0.25, 0.3) is 0 Å². The van der Waals surface area contributed by atoms with E-state index in [4.69, 9.17) is 28.5 Å². The third kappa shape index (κ3) is 4.43. The number of hydrogen-bond acceptors (Lipinski definition) is 3. The maximum absolute atomic E-state index is 11.5. The van der Waals surface area contributed by atoms with Crippen molar-refractivity contribution in [3.05, 3.63) is 33.8 Å². The molecule has 0 saturated carbocycles. The molecule has 2 amide bonds. The second kappa shape index (κ2) is 6.98. The van der Waals surface area contributed by atoms with Crippen LogP contribution < -0.4 is 10.6 Å². The second-order valence-electron chi connectivity index (χ2n) is 3.70. The molecule has 0 spiro atoms. The molecule has 0 aliphatic carbocycles. The lowest BCUT2D eigenvalue weighted by molar-refractivity contribution is -0.139. The molecule has 1 aromatic carbocycles. The Bertz CT molecular complexity index is 540. The first-order valence-electron chi connectivity index (χ1n) is 5.36. The van der Waals surface area contributed by atoms with E-state index < -0.39 is 17.9 Å². The van der Waals surface area contributed by atoms with Gasteiger partial charge in [0, 0.05) is 10.0 Å². The van der Waals surface area contributed by atoms with E-state index in [0.717, 1.165) is 0 Å². The van der Waals surface area contributed by atoms with Crippen molar-refractivity contribution in [1.29, 1.82) is 5.26 Å². The van der Waals surface area contributed by atoms with Crippen molar-refractivity contribution in [2.75, 3.05) is 6.54 Å². The van der Waals surface area contributed by atoms with Crippen LogP contribution in [-0.2, 0) is 9.59 Å². The van der Waals surface area contributed by atoms with Crippen molar-refractivity contribution in [2.45, 2.75) is 13.0 Å². The monoisotopic (exact) mass is 299 g/mol. The van der Waals surface area contributed by atoms with Crippen LogP contribution in [0.15, 0.2) is 18.2 Å². The van der Waals surface area contributed by atoms with Gasteiger partial charge >= 0.3 is 11.8 Å². The molecule has 2 N–H and O–H groups in total. The molecule has 0 fully saturated rings. The SMILES string of the molecule is CC(NC(=O)C(=O)NCC#N)c1ccc(Cl)cc1Cl. The normalized spacial score (nSPS) is 11.3. The summed E-state index contributed by atoms with van der Waals surface area (Å²) in [7, 11) is 0. The van der Waals surface area contributed by atoms with E-state index in [1.54, 1.807) is 31.2 Å². The Morgan fingerprint density at radius 1 is 1.37 bits per heavy atom. The number of nitriles is 1. The van der Waals surface area contributed by atoms with Crippen LogP contribution in [0, 0.1) is 11.3 Å². The standard InChI is InChI=1S/C12H11Cl2N3O2/c1-7(9-3-2-8(13)6-10(9)14)17-12(19)11(18)16-5-4-15/h2-3,6-7H,5H2,1H3,(H,16,18)(H,17,19). The number of amides is 2. The smallest absolute Gasteiger partial charge is 0.310 e. The molecule has 0 aromatic heterocycles. The Kier molecular flexibility index (Phi) is 5.61. The lowest BCUT2D eigenvalue weighted by Crippen LogP contribution is -2.41. The molecule has 5 nitrogen and oxygen atoms in total. The van der Waals surface area contributed by atoms with Gasteiger partial charge in [-0.1, -0.05) is 29.3 Å². The Morgan fingerprint density at radius 3 is 2.63 bits per heavy atom. The summed E-state index contributed by atoms with van der Waals surface area (Å²) in [4.78, 5) is 22.8. The highest BCUT2D eigenvalue weighted by Gasteiger charge is 2.18. The third-order valence-electron chi connectivity index (χ3n) is 2.31. The summed E-state index contributed by atoms with van der Waals surface area (Å²) in [5, 5.41) is 13.8. The molecule has 1 unspecified atom stereocenters. The molecule has 1 atom stereocenters. The fourth-order valence-corrected chi connectivity index (χ4v) is 1.96. The highest BCUT2D eigenvalue weighted by Crippen LogP contribution is 2.25. The molecule has 0 radical (unpaired) electrons. The highest BCUT2D eigenvalue weighted by molar-refractivity contribution is 6.36. The van der Waals surface area contributed by atoms with Crippen LogP contribution in [0.5, 0.6) is 0 Å². The van der Waals surface area contributed by atoms with Gasteiger partial charge < -0.3 is 10.6 Å². The van der Waals surface area contributed by atoms with E-state index >= 15 is 0 Å². The zero-order valence-corrected chi connectivity index (χ0v) is 11.5. The molecular weight excluding hydrogens is 289 g/mol. The molecule has 0 heterocycles. The van der Waals surface area contributed by atoms with Gasteiger partial charge in [-0.3, -0.25) is 9.59 Å². The lowest BCUT2D eigenvalue weighted by Gasteiger charge is -2.15. The van der Waals surface area contributed by atoms with Crippen LogP contribution in [-0.4, -0.2) is 18.4 Å². The Balaban J connectivity index is 2.69. The average molecular weight is 300 g/mol. The quantitative estimate of drug-likeness (QED) is 0.660. The van der Waals surface area contributed by atoms with Crippen molar-refractivity contribution < 1.29 is 9.59 Å². The molecule has 0 aliphatic rings. The van der Waals surface area contributed by atoms with Crippen LogP contribution in [0.1, 0.15) is 18.5 Å². The first kappa shape index (κ1) is 15.3. The summed E-state index contributed by atoms with van der Waals surface area (Å²) in [6.07, 6.45) is 0. The minimum absolute atomic E-state index is 0.220. The van der Waals surface area contributed by atoms with Gasteiger partial charge in [0.15, 0.2) is 0 Å². The van der Waals surface area contributed by atoms with Crippen LogP contribution in [0.2, 0.25) is 10.0 Å². The van der Waals surface area contributed by atoms with Crippen molar-refractivity contribution in [1.82, 2.24) is 10.6 Å². The molecule has 100 valence electrons. The summed E-state index contributed by atoms with van der Waals surface area (Å²) in [5.41, 5.74) is 0.646. The molecule has 0 saturated heterocycles. The van der Waals surface area contributed by atoms with Gasteiger partial charge in [0.1, 0.15) is 6.54 Å². The molecule has 1 rings (SSSR count). The fourth-order valence-electron chi connectivity index (χ4n) is 1.39. The summed E-state index contributed by atoms with van der Waals surface area (Å²) in [6, 6.07) is 6.11. The van der Waals surface area contributed by atoms with E-state index in [0.29, 0.717) is 15.6 Å². The minimum atomic E-state index is -0.863. The van der Waals surface area contributed by atoms with Gasteiger partial charge in [0.05, 0.1) is 12.1 Å². The van der Waals surface area contributed by atoms with Gasteiger partial charge in [-0.15, -0.1) is 0 Å². The van der Waals surface area contributed by atoms with Crippen LogP contribution >= 0.6 is 23.2 Å².